The maximum Gasteiger partial charge on any atom is 0.335 e. The quantitative estimate of drug-likeness (QED) is 0.776. The minimum absolute atomic E-state index is 0.235. The van der Waals surface area contributed by atoms with E-state index in [4.69, 9.17) is 9.63 Å². The molecule has 7 nitrogen and oxygen atoms in total. The standard InChI is InChI=1S/C13H12N4O3/c1-8-16-10-6-9(13(18)19)2-3-11(10)17(8)5-4-12-14-7-15-20-12/h2-3,6-7H,4-5H2,1H3,(H,18,19). The first-order chi connectivity index (χ1) is 9.65. The van der Waals surface area contributed by atoms with Crippen LogP contribution in [0.5, 0.6) is 0 Å². The Morgan fingerprint density at radius 1 is 1.45 bits per heavy atom. The molecule has 0 saturated carbocycles. The number of carbonyl (C=O) groups is 1. The maximum atomic E-state index is 11.0. The molecule has 2 heterocycles. The highest BCUT2D eigenvalue weighted by Gasteiger charge is 2.11. The molecule has 2 aromatic heterocycles. The highest BCUT2D eigenvalue weighted by molar-refractivity contribution is 5.92. The third-order valence-corrected chi connectivity index (χ3v) is 3.14. The number of aromatic nitrogens is 4. The summed E-state index contributed by atoms with van der Waals surface area (Å²) in [4.78, 5) is 19.3. The summed E-state index contributed by atoms with van der Waals surface area (Å²) in [7, 11) is 0. The molecule has 1 N–H and O–H groups in total. The molecule has 102 valence electrons. The number of aryl methyl sites for hydroxylation is 3. The second kappa shape index (κ2) is 4.76. The molecule has 0 amide bonds. The number of hydrogen-bond donors (Lipinski definition) is 1. The summed E-state index contributed by atoms with van der Waals surface area (Å²) in [6.45, 7) is 2.53. The molecule has 0 bridgehead atoms. The SMILES string of the molecule is Cc1nc2cc(C(=O)O)ccc2n1CCc1ncno1. The van der Waals surface area contributed by atoms with Crippen LogP contribution in [0.25, 0.3) is 11.0 Å². The molecule has 0 fully saturated rings. The maximum absolute atomic E-state index is 11.0. The first-order valence-corrected chi connectivity index (χ1v) is 6.11. The Morgan fingerprint density at radius 2 is 2.30 bits per heavy atom. The van der Waals surface area contributed by atoms with Gasteiger partial charge >= 0.3 is 5.97 Å². The molecule has 0 aliphatic rings. The Hall–Kier alpha value is -2.70. The monoisotopic (exact) mass is 272 g/mol. The van der Waals surface area contributed by atoms with Gasteiger partial charge in [-0.1, -0.05) is 5.16 Å². The van der Waals surface area contributed by atoms with E-state index in [0.717, 1.165) is 11.3 Å². The molecule has 0 atom stereocenters. The number of rotatable bonds is 4. The zero-order valence-corrected chi connectivity index (χ0v) is 10.8. The van der Waals surface area contributed by atoms with E-state index >= 15 is 0 Å². The number of fused-ring (bicyclic) bond motifs is 1. The number of aromatic carboxylic acids is 1. The average Bonchev–Trinajstić information content (AvgIpc) is 3.02. The van der Waals surface area contributed by atoms with Crippen LogP contribution in [0.3, 0.4) is 0 Å². The lowest BCUT2D eigenvalue weighted by Gasteiger charge is -2.04. The van der Waals surface area contributed by atoms with Crippen molar-refractivity contribution in [3.05, 3.63) is 41.8 Å². The second-order valence-corrected chi connectivity index (χ2v) is 4.40. The number of carboxylic acids is 1. The van der Waals surface area contributed by atoms with E-state index in [1.165, 1.54) is 6.33 Å². The predicted molar refractivity (Wildman–Crippen MR) is 69.4 cm³/mol. The Bertz CT molecular complexity index is 761. The van der Waals surface area contributed by atoms with Crippen LogP contribution < -0.4 is 0 Å². The van der Waals surface area contributed by atoms with Gasteiger partial charge in [-0.15, -0.1) is 0 Å². The fourth-order valence-electron chi connectivity index (χ4n) is 2.18. The van der Waals surface area contributed by atoms with Gasteiger partial charge in [0.05, 0.1) is 16.6 Å². The molecule has 0 aliphatic heterocycles. The van der Waals surface area contributed by atoms with Crippen LogP contribution in [-0.2, 0) is 13.0 Å². The van der Waals surface area contributed by atoms with Gasteiger partial charge in [-0.2, -0.15) is 4.98 Å². The molecule has 0 radical (unpaired) electrons. The lowest BCUT2D eigenvalue weighted by Crippen LogP contribution is -2.03. The molecule has 0 unspecified atom stereocenters. The summed E-state index contributed by atoms with van der Waals surface area (Å²) >= 11 is 0. The van der Waals surface area contributed by atoms with Crippen LogP contribution in [0.2, 0.25) is 0 Å². The van der Waals surface area contributed by atoms with Gasteiger partial charge in [-0.25, -0.2) is 9.78 Å². The second-order valence-electron chi connectivity index (χ2n) is 4.40. The van der Waals surface area contributed by atoms with Gasteiger partial charge in [0.15, 0.2) is 6.33 Å². The average molecular weight is 272 g/mol. The molecule has 3 rings (SSSR count). The highest BCUT2D eigenvalue weighted by Crippen LogP contribution is 2.18. The largest absolute Gasteiger partial charge is 0.478 e. The Morgan fingerprint density at radius 3 is 3.00 bits per heavy atom. The van der Waals surface area contributed by atoms with Crippen LogP contribution in [-0.4, -0.2) is 30.8 Å². The topological polar surface area (TPSA) is 94.0 Å². The van der Waals surface area contributed by atoms with Crippen molar-refractivity contribution < 1.29 is 14.4 Å². The van der Waals surface area contributed by atoms with E-state index in [2.05, 4.69) is 15.1 Å². The van der Waals surface area contributed by atoms with E-state index < -0.39 is 5.97 Å². The van der Waals surface area contributed by atoms with Crippen LogP contribution in [0.1, 0.15) is 22.1 Å². The number of hydrogen-bond acceptors (Lipinski definition) is 5. The minimum atomic E-state index is -0.954. The van der Waals surface area contributed by atoms with E-state index in [9.17, 15) is 4.79 Å². The number of nitrogens with zero attached hydrogens (tertiary/aromatic N) is 4. The van der Waals surface area contributed by atoms with Gasteiger partial charge < -0.3 is 14.2 Å². The van der Waals surface area contributed by atoms with E-state index in [0.29, 0.717) is 24.4 Å². The number of imidazole rings is 1. The van der Waals surface area contributed by atoms with E-state index in [1.807, 2.05) is 11.5 Å². The normalized spacial score (nSPS) is 11.1. The van der Waals surface area contributed by atoms with Crippen molar-refractivity contribution in [1.82, 2.24) is 19.7 Å². The third kappa shape index (κ3) is 2.13. The highest BCUT2D eigenvalue weighted by atomic mass is 16.5. The first-order valence-electron chi connectivity index (χ1n) is 6.11. The van der Waals surface area contributed by atoms with Gasteiger partial charge in [0, 0.05) is 13.0 Å². The molecule has 3 aromatic rings. The zero-order valence-electron chi connectivity index (χ0n) is 10.8. The van der Waals surface area contributed by atoms with Crippen molar-refractivity contribution in [3.63, 3.8) is 0 Å². The van der Waals surface area contributed by atoms with Gasteiger partial charge in [-0.05, 0) is 25.1 Å². The van der Waals surface area contributed by atoms with Gasteiger partial charge in [-0.3, -0.25) is 0 Å². The van der Waals surface area contributed by atoms with Gasteiger partial charge in [0.25, 0.3) is 0 Å². The van der Waals surface area contributed by atoms with Crippen LogP contribution in [0.15, 0.2) is 29.0 Å². The molecule has 7 heteroatoms. The fourth-order valence-corrected chi connectivity index (χ4v) is 2.18. The molecular formula is C13H12N4O3. The Balaban J connectivity index is 1.94. The summed E-state index contributed by atoms with van der Waals surface area (Å²) in [6, 6.07) is 4.93. The fraction of sp³-hybridized carbons (Fsp3) is 0.231. The predicted octanol–water partition coefficient (Wildman–Crippen LogP) is 1.67. The lowest BCUT2D eigenvalue weighted by molar-refractivity contribution is 0.0697. The number of carboxylic acid groups (broad SMARTS) is 1. The van der Waals surface area contributed by atoms with Crippen molar-refractivity contribution in [2.45, 2.75) is 19.9 Å². The molecule has 20 heavy (non-hydrogen) atoms. The van der Waals surface area contributed by atoms with Crippen molar-refractivity contribution in [2.75, 3.05) is 0 Å². The van der Waals surface area contributed by atoms with E-state index in [1.54, 1.807) is 18.2 Å². The molecular weight excluding hydrogens is 260 g/mol. The third-order valence-electron chi connectivity index (χ3n) is 3.14. The van der Waals surface area contributed by atoms with Crippen molar-refractivity contribution in [1.29, 1.82) is 0 Å². The summed E-state index contributed by atoms with van der Waals surface area (Å²) in [5.74, 6) is 0.431. The van der Waals surface area contributed by atoms with Crippen molar-refractivity contribution >= 4 is 17.0 Å². The smallest absolute Gasteiger partial charge is 0.335 e. The van der Waals surface area contributed by atoms with Crippen molar-refractivity contribution in [2.24, 2.45) is 0 Å². The van der Waals surface area contributed by atoms with E-state index in [-0.39, 0.29) is 5.56 Å². The minimum Gasteiger partial charge on any atom is -0.478 e. The van der Waals surface area contributed by atoms with Crippen LogP contribution in [0.4, 0.5) is 0 Å². The Kier molecular flexibility index (Phi) is 2.94. The summed E-state index contributed by atoms with van der Waals surface area (Å²) < 4.78 is 6.97. The number of benzene rings is 1. The lowest BCUT2D eigenvalue weighted by atomic mass is 10.2. The molecule has 1 aromatic carbocycles. The molecule has 0 spiro atoms. The summed E-state index contributed by atoms with van der Waals surface area (Å²) in [5, 5.41) is 12.5. The summed E-state index contributed by atoms with van der Waals surface area (Å²) in [5.41, 5.74) is 1.80. The molecule has 0 saturated heterocycles. The van der Waals surface area contributed by atoms with Crippen LogP contribution >= 0.6 is 0 Å². The van der Waals surface area contributed by atoms with Crippen LogP contribution in [0, 0.1) is 6.92 Å². The Labute approximate surface area is 113 Å². The van der Waals surface area contributed by atoms with Gasteiger partial charge in [0.2, 0.25) is 5.89 Å². The first kappa shape index (κ1) is 12.3. The zero-order chi connectivity index (χ0) is 14.1. The molecule has 0 aliphatic carbocycles. The van der Waals surface area contributed by atoms with Crippen molar-refractivity contribution in [3.8, 4) is 0 Å². The van der Waals surface area contributed by atoms with Gasteiger partial charge in [0.1, 0.15) is 5.82 Å². The summed E-state index contributed by atoms with van der Waals surface area (Å²) in [6.07, 6.45) is 1.97.